The quantitative estimate of drug-likeness (QED) is 0.657. The first-order valence-corrected chi connectivity index (χ1v) is 5.21. The van der Waals surface area contributed by atoms with Crippen LogP contribution in [-0.4, -0.2) is 0 Å². The van der Waals surface area contributed by atoms with E-state index in [1.165, 1.54) is 25.7 Å². The van der Waals surface area contributed by atoms with Crippen molar-refractivity contribution in [1.82, 2.24) is 5.32 Å². The lowest BCUT2D eigenvalue weighted by Gasteiger charge is -2.27. The van der Waals surface area contributed by atoms with Crippen molar-refractivity contribution in [3.8, 4) is 0 Å². The Morgan fingerprint density at radius 3 is 2.25 bits per heavy atom. The van der Waals surface area contributed by atoms with Crippen LogP contribution in [-0.2, 0) is 0 Å². The summed E-state index contributed by atoms with van der Waals surface area (Å²) in [6.07, 6.45) is 10.4. The molecule has 2 saturated carbocycles. The normalized spacial score (nSPS) is 41.0. The molecule has 0 aromatic rings. The van der Waals surface area contributed by atoms with Crippen LogP contribution in [0.15, 0.2) is 12.3 Å². The van der Waals surface area contributed by atoms with E-state index < -0.39 is 0 Å². The zero-order chi connectivity index (χ0) is 7.97. The summed E-state index contributed by atoms with van der Waals surface area (Å²) >= 11 is 0. The molecule has 1 N–H and O–H groups in total. The minimum absolute atomic E-state index is 0.863. The van der Waals surface area contributed by atoms with Crippen molar-refractivity contribution >= 4 is 0 Å². The highest BCUT2D eigenvalue weighted by Gasteiger charge is 2.42. The third-order valence-corrected chi connectivity index (χ3v) is 3.48. The number of allylic oxidation sites excluding steroid dienone is 1. The smallest absolute Gasteiger partial charge is 0.0496 e. The van der Waals surface area contributed by atoms with Gasteiger partial charge in [0.25, 0.3) is 0 Å². The summed E-state index contributed by atoms with van der Waals surface area (Å²) in [7, 11) is 0. The molecule has 65 valence electrons. The Bertz CT molecular complexity index is 201. The third-order valence-electron chi connectivity index (χ3n) is 3.48. The zero-order valence-electron chi connectivity index (χ0n) is 7.37. The SMILES string of the molecule is [CH]1NC=CC(C2CC2)C1C1CC1. The van der Waals surface area contributed by atoms with E-state index in [0.29, 0.717) is 0 Å². The number of hydrogen-bond donors (Lipinski definition) is 1. The summed E-state index contributed by atoms with van der Waals surface area (Å²) in [4.78, 5) is 0. The van der Waals surface area contributed by atoms with Gasteiger partial charge < -0.3 is 5.32 Å². The van der Waals surface area contributed by atoms with Crippen molar-refractivity contribution < 1.29 is 0 Å². The summed E-state index contributed by atoms with van der Waals surface area (Å²) in [5, 5.41) is 3.26. The summed E-state index contributed by atoms with van der Waals surface area (Å²) in [6.45, 7) is 2.33. The molecule has 2 atom stereocenters. The first-order chi connectivity index (χ1) is 5.95. The molecule has 2 unspecified atom stereocenters. The molecule has 12 heavy (non-hydrogen) atoms. The van der Waals surface area contributed by atoms with Gasteiger partial charge in [0.15, 0.2) is 0 Å². The molecular formula is C11H16N. The van der Waals surface area contributed by atoms with Crippen LogP contribution in [0.25, 0.3) is 0 Å². The average molecular weight is 162 g/mol. The van der Waals surface area contributed by atoms with Gasteiger partial charge in [-0.1, -0.05) is 6.08 Å². The minimum Gasteiger partial charge on any atom is -0.386 e. The monoisotopic (exact) mass is 162 g/mol. The van der Waals surface area contributed by atoms with Gasteiger partial charge in [-0.25, -0.2) is 0 Å². The van der Waals surface area contributed by atoms with Gasteiger partial charge in [0.1, 0.15) is 0 Å². The van der Waals surface area contributed by atoms with E-state index >= 15 is 0 Å². The number of hydrogen-bond acceptors (Lipinski definition) is 1. The molecule has 0 bridgehead atoms. The molecule has 1 radical (unpaired) electrons. The fourth-order valence-electron chi connectivity index (χ4n) is 2.46. The molecule has 1 heterocycles. The largest absolute Gasteiger partial charge is 0.386 e. The Balaban J connectivity index is 1.75. The van der Waals surface area contributed by atoms with E-state index in [2.05, 4.69) is 24.1 Å². The fraction of sp³-hybridized carbons (Fsp3) is 0.727. The van der Waals surface area contributed by atoms with Gasteiger partial charge in [0.05, 0.1) is 0 Å². The van der Waals surface area contributed by atoms with Gasteiger partial charge in [-0.15, -0.1) is 0 Å². The fourth-order valence-corrected chi connectivity index (χ4v) is 2.46. The Morgan fingerprint density at radius 1 is 0.917 bits per heavy atom. The van der Waals surface area contributed by atoms with Crippen LogP contribution in [0.1, 0.15) is 25.7 Å². The Kier molecular flexibility index (Phi) is 1.46. The molecule has 1 aliphatic heterocycles. The lowest BCUT2D eigenvalue weighted by Crippen LogP contribution is -2.27. The second-order valence-corrected chi connectivity index (χ2v) is 4.52. The molecule has 2 aliphatic carbocycles. The van der Waals surface area contributed by atoms with Crippen LogP contribution in [0, 0.1) is 30.2 Å². The van der Waals surface area contributed by atoms with Gasteiger partial charge in [0.2, 0.25) is 0 Å². The maximum absolute atomic E-state index is 3.26. The topological polar surface area (TPSA) is 12.0 Å². The van der Waals surface area contributed by atoms with E-state index in [-0.39, 0.29) is 0 Å². The van der Waals surface area contributed by atoms with Crippen molar-refractivity contribution in [2.45, 2.75) is 25.7 Å². The Labute approximate surface area is 74.2 Å². The van der Waals surface area contributed by atoms with Gasteiger partial charge in [0, 0.05) is 6.54 Å². The highest BCUT2D eigenvalue weighted by molar-refractivity contribution is 5.09. The third kappa shape index (κ3) is 1.16. The van der Waals surface area contributed by atoms with Crippen LogP contribution in [0.5, 0.6) is 0 Å². The minimum atomic E-state index is 0.863. The van der Waals surface area contributed by atoms with E-state index in [1.54, 1.807) is 0 Å². The van der Waals surface area contributed by atoms with Crippen molar-refractivity contribution in [2.75, 3.05) is 0 Å². The predicted octanol–water partition coefficient (Wildman–Crippen LogP) is 2.32. The first-order valence-electron chi connectivity index (χ1n) is 5.21. The van der Waals surface area contributed by atoms with E-state index in [1.807, 2.05) is 0 Å². The first kappa shape index (κ1) is 6.99. The summed E-state index contributed by atoms with van der Waals surface area (Å²) in [5.74, 6) is 3.81. The summed E-state index contributed by atoms with van der Waals surface area (Å²) in [6, 6.07) is 0. The van der Waals surface area contributed by atoms with Crippen LogP contribution in [0.4, 0.5) is 0 Å². The lowest BCUT2D eigenvalue weighted by molar-refractivity contribution is 0.337. The maximum atomic E-state index is 3.26. The molecule has 1 heteroatoms. The molecule has 0 amide bonds. The summed E-state index contributed by atoms with van der Waals surface area (Å²) < 4.78 is 0. The molecule has 0 spiro atoms. The molecule has 2 fully saturated rings. The number of rotatable bonds is 2. The maximum Gasteiger partial charge on any atom is 0.0496 e. The standard InChI is InChI=1S/C11H16N/c1-2-8(1)10-5-6-12-7-11(10)9-3-4-9/h5-12H,1-4H2. The second-order valence-electron chi connectivity index (χ2n) is 4.52. The highest BCUT2D eigenvalue weighted by Crippen LogP contribution is 2.50. The molecule has 3 aliphatic rings. The molecule has 3 rings (SSSR count). The van der Waals surface area contributed by atoms with Crippen LogP contribution < -0.4 is 5.32 Å². The van der Waals surface area contributed by atoms with Gasteiger partial charge >= 0.3 is 0 Å². The van der Waals surface area contributed by atoms with Crippen LogP contribution in [0.3, 0.4) is 0 Å². The highest BCUT2D eigenvalue weighted by atomic mass is 14.9. The summed E-state index contributed by atoms with van der Waals surface area (Å²) in [5.41, 5.74) is 0. The van der Waals surface area contributed by atoms with E-state index in [0.717, 1.165) is 23.7 Å². The van der Waals surface area contributed by atoms with E-state index in [4.69, 9.17) is 0 Å². The average Bonchev–Trinajstić information content (AvgIpc) is 2.99. The molecule has 0 saturated heterocycles. The molecule has 0 aromatic heterocycles. The van der Waals surface area contributed by atoms with Gasteiger partial charge in [-0.3, -0.25) is 0 Å². The van der Waals surface area contributed by atoms with Crippen molar-refractivity contribution in [2.24, 2.45) is 23.7 Å². The lowest BCUT2D eigenvalue weighted by atomic mass is 9.83. The molecule has 1 nitrogen and oxygen atoms in total. The van der Waals surface area contributed by atoms with Crippen molar-refractivity contribution in [3.63, 3.8) is 0 Å². The predicted molar refractivity (Wildman–Crippen MR) is 49.0 cm³/mol. The van der Waals surface area contributed by atoms with Crippen molar-refractivity contribution in [1.29, 1.82) is 0 Å². The Hall–Kier alpha value is -0.460. The second kappa shape index (κ2) is 2.51. The van der Waals surface area contributed by atoms with Gasteiger partial charge in [-0.05, 0) is 55.6 Å². The zero-order valence-corrected chi connectivity index (χ0v) is 7.37. The Morgan fingerprint density at radius 2 is 1.58 bits per heavy atom. The van der Waals surface area contributed by atoms with Crippen LogP contribution >= 0.6 is 0 Å². The van der Waals surface area contributed by atoms with Crippen molar-refractivity contribution in [3.05, 3.63) is 18.8 Å². The van der Waals surface area contributed by atoms with E-state index in [9.17, 15) is 0 Å². The molecular weight excluding hydrogens is 146 g/mol. The molecule has 0 aromatic carbocycles. The van der Waals surface area contributed by atoms with Gasteiger partial charge in [-0.2, -0.15) is 0 Å². The number of nitrogens with one attached hydrogen (secondary N) is 1. The van der Waals surface area contributed by atoms with Crippen LogP contribution in [0.2, 0.25) is 0 Å².